The first-order valence-corrected chi connectivity index (χ1v) is 7.14. The van der Waals surface area contributed by atoms with Crippen LogP contribution in [0.4, 0.5) is 0 Å². The molecular formula is C14H26N2O3. The quantitative estimate of drug-likeness (QED) is 0.623. The summed E-state index contributed by atoms with van der Waals surface area (Å²) in [6.07, 6.45) is 3.61. The number of nitrogens with zero attached hydrogens (tertiary/aromatic N) is 2. The summed E-state index contributed by atoms with van der Waals surface area (Å²) in [5.41, 5.74) is 0. The summed E-state index contributed by atoms with van der Waals surface area (Å²) in [7, 11) is 3.89. The molecule has 5 nitrogen and oxygen atoms in total. The summed E-state index contributed by atoms with van der Waals surface area (Å²) < 4.78 is 5.15. The Kier molecular flexibility index (Phi) is 6.84. The number of likely N-dealkylation sites (tertiary alicyclic amines) is 1. The molecule has 5 heteroatoms. The van der Waals surface area contributed by atoms with Gasteiger partial charge in [0, 0.05) is 32.0 Å². The molecule has 1 heterocycles. The minimum atomic E-state index is -0.160. The lowest BCUT2D eigenvalue weighted by Gasteiger charge is -2.26. The second-order valence-corrected chi connectivity index (χ2v) is 5.32. The maximum absolute atomic E-state index is 11.7. The molecule has 0 spiro atoms. The lowest BCUT2D eigenvalue weighted by Crippen LogP contribution is -2.36. The van der Waals surface area contributed by atoms with Gasteiger partial charge in [-0.2, -0.15) is 0 Å². The highest BCUT2D eigenvalue weighted by Gasteiger charge is 2.27. The third kappa shape index (κ3) is 5.59. The van der Waals surface area contributed by atoms with Crippen LogP contribution in [0.2, 0.25) is 0 Å². The van der Waals surface area contributed by atoms with Crippen molar-refractivity contribution in [1.82, 2.24) is 9.80 Å². The number of hydrogen-bond donors (Lipinski definition) is 0. The largest absolute Gasteiger partial charge is 0.464 e. The van der Waals surface area contributed by atoms with E-state index >= 15 is 0 Å². The van der Waals surface area contributed by atoms with Gasteiger partial charge in [-0.15, -0.1) is 0 Å². The number of amides is 1. The maximum atomic E-state index is 11.7. The highest BCUT2D eigenvalue weighted by atomic mass is 16.5. The molecule has 1 atom stereocenters. The first-order valence-electron chi connectivity index (χ1n) is 7.14. The van der Waals surface area contributed by atoms with Crippen molar-refractivity contribution >= 4 is 11.9 Å². The standard InChI is InChI=1S/C14H26N2O3/c1-4-12(16-9-5-6-13(16)17)7-8-14(18)19-11-10-15(2)3/h12H,4-11H2,1-3H3. The first kappa shape index (κ1) is 16.0. The summed E-state index contributed by atoms with van der Waals surface area (Å²) in [5, 5.41) is 0. The number of carbonyl (C=O) groups is 2. The lowest BCUT2D eigenvalue weighted by molar-refractivity contribution is -0.145. The Hall–Kier alpha value is -1.10. The molecule has 1 unspecified atom stereocenters. The fourth-order valence-electron chi connectivity index (χ4n) is 2.33. The van der Waals surface area contributed by atoms with E-state index < -0.39 is 0 Å². The molecule has 1 rings (SSSR count). The Morgan fingerprint density at radius 3 is 2.74 bits per heavy atom. The molecule has 0 aliphatic carbocycles. The summed E-state index contributed by atoms with van der Waals surface area (Å²) in [5.74, 6) is 0.0692. The van der Waals surface area contributed by atoms with Gasteiger partial charge in [0.05, 0.1) is 0 Å². The van der Waals surface area contributed by atoms with Gasteiger partial charge in [0.25, 0.3) is 0 Å². The number of carbonyl (C=O) groups excluding carboxylic acids is 2. The Labute approximate surface area is 115 Å². The van der Waals surface area contributed by atoms with Gasteiger partial charge in [-0.3, -0.25) is 9.59 Å². The topological polar surface area (TPSA) is 49.9 Å². The molecule has 0 radical (unpaired) electrons. The van der Waals surface area contributed by atoms with Crippen LogP contribution in [0.3, 0.4) is 0 Å². The van der Waals surface area contributed by atoms with Crippen molar-refractivity contribution in [3.63, 3.8) is 0 Å². The van der Waals surface area contributed by atoms with Gasteiger partial charge in [-0.05, 0) is 33.4 Å². The van der Waals surface area contributed by atoms with Crippen LogP contribution in [0.5, 0.6) is 0 Å². The number of esters is 1. The van der Waals surface area contributed by atoms with Crippen LogP contribution >= 0.6 is 0 Å². The number of rotatable bonds is 8. The lowest BCUT2D eigenvalue weighted by atomic mass is 10.1. The van der Waals surface area contributed by atoms with E-state index in [-0.39, 0.29) is 17.9 Å². The van der Waals surface area contributed by atoms with E-state index in [1.165, 1.54) is 0 Å². The number of ether oxygens (including phenoxy) is 1. The molecule has 1 aliphatic rings. The van der Waals surface area contributed by atoms with E-state index in [0.29, 0.717) is 25.9 Å². The smallest absolute Gasteiger partial charge is 0.305 e. The van der Waals surface area contributed by atoms with Crippen LogP contribution in [-0.4, -0.2) is 61.5 Å². The minimum absolute atomic E-state index is 0.160. The SMILES string of the molecule is CCC(CCC(=O)OCCN(C)C)N1CCCC1=O. The third-order valence-electron chi connectivity index (χ3n) is 3.51. The highest BCUT2D eigenvalue weighted by molar-refractivity contribution is 5.78. The zero-order chi connectivity index (χ0) is 14.3. The predicted octanol–water partition coefficient (Wildman–Crippen LogP) is 1.27. The first-order chi connectivity index (χ1) is 9.04. The zero-order valence-electron chi connectivity index (χ0n) is 12.4. The molecule has 0 N–H and O–H groups in total. The summed E-state index contributed by atoms with van der Waals surface area (Å²) in [4.78, 5) is 27.2. The average Bonchev–Trinajstić information content (AvgIpc) is 2.76. The molecule has 19 heavy (non-hydrogen) atoms. The summed E-state index contributed by atoms with van der Waals surface area (Å²) in [6.45, 7) is 4.08. The van der Waals surface area contributed by atoms with Crippen molar-refractivity contribution < 1.29 is 14.3 Å². The van der Waals surface area contributed by atoms with Crippen LogP contribution in [0.25, 0.3) is 0 Å². The van der Waals surface area contributed by atoms with Crippen molar-refractivity contribution in [2.24, 2.45) is 0 Å². The Bertz CT molecular complexity index is 305. The van der Waals surface area contributed by atoms with Crippen LogP contribution < -0.4 is 0 Å². The van der Waals surface area contributed by atoms with Gasteiger partial charge in [0.1, 0.15) is 6.61 Å². The van der Waals surface area contributed by atoms with Gasteiger partial charge < -0.3 is 14.5 Å². The van der Waals surface area contributed by atoms with Gasteiger partial charge in [0.2, 0.25) is 5.91 Å². The second-order valence-electron chi connectivity index (χ2n) is 5.32. The summed E-state index contributed by atoms with van der Waals surface area (Å²) >= 11 is 0. The van der Waals surface area contributed by atoms with Crippen LogP contribution in [0.1, 0.15) is 39.0 Å². The molecule has 1 amide bonds. The zero-order valence-corrected chi connectivity index (χ0v) is 12.4. The Balaban J connectivity index is 2.25. The molecule has 0 aromatic rings. The molecular weight excluding hydrogens is 244 g/mol. The van der Waals surface area contributed by atoms with Crippen LogP contribution in [0, 0.1) is 0 Å². The van der Waals surface area contributed by atoms with Gasteiger partial charge >= 0.3 is 5.97 Å². The molecule has 0 aromatic carbocycles. The monoisotopic (exact) mass is 270 g/mol. The van der Waals surface area contributed by atoms with Crippen molar-refractivity contribution in [3.05, 3.63) is 0 Å². The van der Waals surface area contributed by atoms with Gasteiger partial charge in [-0.1, -0.05) is 6.92 Å². The molecule has 0 aromatic heterocycles. The van der Waals surface area contributed by atoms with Crippen molar-refractivity contribution in [1.29, 1.82) is 0 Å². The molecule has 0 saturated carbocycles. The minimum Gasteiger partial charge on any atom is -0.464 e. The van der Waals surface area contributed by atoms with E-state index in [1.807, 2.05) is 23.9 Å². The molecule has 1 aliphatic heterocycles. The van der Waals surface area contributed by atoms with Crippen LogP contribution in [-0.2, 0) is 14.3 Å². The Morgan fingerprint density at radius 1 is 1.47 bits per heavy atom. The van der Waals surface area contributed by atoms with E-state index in [9.17, 15) is 9.59 Å². The van der Waals surface area contributed by atoms with Crippen molar-refractivity contribution in [3.8, 4) is 0 Å². The number of likely N-dealkylation sites (N-methyl/N-ethyl adjacent to an activating group) is 1. The third-order valence-corrected chi connectivity index (χ3v) is 3.51. The second kappa shape index (κ2) is 8.15. The van der Waals surface area contributed by atoms with E-state index in [4.69, 9.17) is 4.74 Å². The van der Waals surface area contributed by atoms with E-state index in [2.05, 4.69) is 6.92 Å². The fourth-order valence-corrected chi connectivity index (χ4v) is 2.33. The van der Waals surface area contributed by atoms with Crippen molar-refractivity contribution in [2.75, 3.05) is 33.8 Å². The molecule has 1 saturated heterocycles. The van der Waals surface area contributed by atoms with Crippen LogP contribution in [0.15, 0.2) is 0 Å². The van der Waals surface area contributed by atoms with E-state index in [0.717, 1.165) is 25.9 Å². The van der Waals surface area contributed by atoms with E-state index in [1.54, 1.807) is 0 Å². The Morgan fingerprint density at radius 2 is 2.21 bits per heavy atom. The molecule has 0 bridgehead atoms. The maximum Gasteiger partial charge on any atom is 0.305 e. The molecule has 1 fully saturated rings. The fraction of sp³-hybridized carbons (Fsp3) is 0.857. The van der Waals surface area contributed by atoms with Gasteiger partial charge in [0.15, 0.2) is 0 Å². The van der Waals surface area contributed by atoms with Gasteiger partial charge in [-0.25, -0.2) is 0 Å². The number of hydrogen-bond acceptors (Lipinski definition) is 4. The van der Waals surface area contributed by atoms with Crippen molar-refractivity contribution in [2.45, 2.75) is 45.1 Å². The average molecular weight is 270 g/mol. The highest BCUT2D eigenvalue weighted by Crippen LogP contribution is 2.19. The summed E-state index contributed by atoms with van der Waals surface area (Å²) in [6, 6.07) is 0.191. The normalized spacial score (nSPS) is 17.1. The molecule has 110 valence electrons. The predicted molar refractivity (Wildman–Crippen MR) is 73.8 cm³/mol.